The van der Waals surface area contributed by atoms with Gasteiger partial charge in [0.25, 0.3) is 5.56 Å². The quantitative estimate of drug-likeness (QED) is 0.643. The number of fused-ring (bicyclic) bond motifs is 3. The fraction of sp³-hybridized carbons (Fsp3) is 0.375. The number of hydrogen-bond donors (Lipinski definition) is 0. The number of nitrogens with zero attached hydrogens (tertiary/aromatic N) is 2. The molecule has 3 aromatic rings. The normalized spacial score (nSPS) is 17.8. The Kier molecular flexibility index (Phi) is 3.71. The number of aromatic nitrogens is 2. The molecule has 3 aromatic heterocycles. The zero-order valence-corrected chi connectivity index (χ0v) is 15.4. The van der Waals surface area contributed by atoms with Gasteiger partial charge in [-0.05, 0) is 63.7 Å². The summed E-state index contributed by atoms with van der Waals surface area (Å²) in [6.07, 6.45) is 4.97. The molecule has 0 saturated heterocycles. The highest BCUT2D eigenvalue weighted by molar-refractivity contribution is 9.11. The summed E-state index contributed by atoms with van der Waals surface area (Å²) in [6, 6.07) is 2.06. The zero-order chi connectivity index (χ0) is 15.3. The molecule has 6 heteroatoms. The van der Waals surface area contributed by atoms with Gasteiger partial charge in [0.15, 0.2) is 0 Å². The van der Waals surface area contributed by atoms with Crippen LogP contribution >= 0.6 is 38.6 Å². The highest BCUT2D eigenvalue weighted by Crippen LogP contribution is 2.35. The van der Waals surface area contributed by atoms with Crippen molar-refractivity contribution in [1.82, 2.24) is 9.55 Å². The third-order valence-electron chi connectivity index (χ3n) is 4.26. The van der Waals surface area contributed by atoms with Crippen molar-refractivity contribution in [2.75, 3.05) is 0 Å². The molecule has 0 amide bonds. The van der Waals surface area contributed by atoms with Crippen molar-refractivity contribution in [3.63, 3.8) is 0 Å². The summed E-state index contributed by atoms with van der Waals surface area (Å²) in [5.74, 6) is 0.714. The molecule has 22 heavy (non-hydrogen) atoms. The molecular weight excluding hydrogens is 380 g/mol. The van der Waals surface area contributed by atoms with E-state index in [1.165, 1.54) is 16.9 Å². The highest BCUT2D eigenvalue weighted by atomic mass is 79.9. The number of aryl methyl sites for hydroxylation is 1. The molecule has 0 aromatic carbocycles. The van der Waals surface area contributed by atoms with E-state index in [2.05, 4.69) is 39.3 Å². The minimum absolute atomic E-state index is 0.111. The maximum Gasteiger partial charge on any atom is 0.262 e. The van der Waals surface area contributed by atoms with Crippen molar-refractivity contribution in [1.29, 1.82) is 0 Å². The largest absolute Gasteiger partial charge is 0.294 e. The lowest BCUT2D eigenvalue weighted by Gasteiger charge is -2.17. The van der Waals surface area contributed by atoms with E-state index in [4.69, 9.17) is 0 Å². The molecule has 1 atom stereocenters. The van der Waals surface area contributed by atoms with Gasteiger partial charge in [-0.2, -0.15) is 0 Å². The minimum atomic E-state index is 0.111. The topological polar surface area (TPSA) is 34.9 Å². The number of halogens is 1. The van der Waals surface area contributed by atoms with Crippen molar-refractivity contribution in [3.8, 4) is 0 Å². The Labute approximate surface area is 144 Å². The number of rotatable bonds is 2. The third kappa shape index (κ3) is 2.47. The van der Waals surface area contributed by atoms with E-state index in [1.54, 1.807) is 33.6 Å². The first-order valence-electron chi connectivity index (χ1n) is 7.34. The lowest BCUT2D eigenvalue weighted by molar-refractivity contribution is 0.509. The predicted molar refractivity (Wildman–Crippen MR) is 96.2 cm³/mol. The second kappa shape index (κ2) is 5.58. The molecule has 0 bridgehead atoms. The molecule has 3 heterocycles. The first kappa shape index (κ1) is 14.6. The molecule has 0 fully saturated rings. The average molecular weight is 395 g/mol. The van der Waals surface area contributed by atoms with Crippen LogP contribution in [0, 0.1) is 5.92 Å². The Balaban J connectivity index is 1.81. The number of thiophene rings is 2. The van der Waals surface area contributed by atoms with Gasteiger partial charge in [0, 0.05) is 4.88 Å². The third-order valence-corrected chi connectivity index (χ3v) is 6.97. The van der Waals surface area contributed by atoms with Gasteiger partial charge >= 0.3 is 0 Å². The smallest absolute Gasteiger partial charge is 0.262 e. The van der Waals surface area contributed by atoms with Crippen molar-refractivity contribution in [2.24, 2.45) is 5.92 Å². The molecular formula is C16H15BrN2OS2. The second-order valence-electron chi connectivity index (χ2n) is 5.97. The summed E-state index contributed by atoms with van der Waals surface area (Å²) in [5.41, 5.74) is 2.51. The molecule has 1 aliphatic rings. The maximum absolute atomic E-state index is 12.9. The van der Waals surface area contributed by atoms with Crippen molar-refractivity contribution in [2.45, 2.75) is 32.7 Å². The summed E-state index contributed by atoms with van der Waals surface area (Å²) in [4.78, 5) is 19.7. The fourth-order valence-electron chi connectivity index (χ4n) is 3.10. The Bertz CT molecular complexity index is 909. The van der Waals surface area contributed by atoms with Crippen molar-refractivity contribution >= 4 is 48.8 Å². The van der Waals surface area contributed by atoms with Crippen molar-refractivity contribution in [3.05, 3.63) is 47.9 Å². The highest BCUT2D eigenvalue weighted by Gasteiger charge is 2.23. The SMILES string of the molecule is CC1CCc2c(sc3ncn(Cc4csc(Br)c4)c(=O)c23)C1. The predicted octanol–water partition coefficient (Wildman–Crippen LogP) is 4.46. The average Bonchev–Trinajstić information content (AvgIpc) is 3.05. The van der Waals surface area contributed by atoms with E-state index in [0.717, 1.165) is 32.4 Å². The lowest BCUT2D eigenvalue weighted by Crippen LogP contribution is -2.21. The maximum atomic E-state index is 12.9. The van der Waals surface area contributed by atoms with Gasteiger partial charge in [0.05, 0.1) is 22.0 Å². The van der Waals surface area contributed by atoms with E-state index in [1.807, 2.05) is 0 Å². The van der Waals surface area contributed by atoms with Gasteiger partial charge in [0.2, 0.25) is 0 Å². The molecule has 0 spiro atoms. The van der Waals surface area contributed by atoms with Gasteiger partial charge in [-0.15, -0.1) is 22.7 Å². The molecule has 1 unspecified atom stereocenters. The van der Waals surface area contributed by atoms with E-state index >= 15 is 0 Å². The molecule has 3 nitrogen and oxygen atoms in total. The van der Waals surface area contributed by atoms with Crippen LogP contribution < -0.4 is 5.56 Å². The Morgan fingerprint density at radius 1 is 1.50 bits per heavy atom. The summed E-state index contributed by atoms with van der Waals surface area (Å²) >= 11 is 6.82. The summed E-state index contributed by atoms with van der Waals surface area (Å²) in [5, 5.41) is 2.94. The molecule has 0 saturated carbocycles. The van der Waals surface area contributed by atoms with Crippen LogP contribution in [-0.2, 0) is 19.4 Å². The van der Waals surface area contributed by atoms with Gasteiger partial charge in [-0.3, -0.25) is 9.36 Å². The van der Waals surface area contributed by atoms with Crippen LogP contribution in [0.2, 0.25) is 0 Å². The van der Waals surface area contributed by atoms with E-state index in [0.29, 0.717) is 12.5 Å². The van der Waals surface area contributed by atoms with Crippen LogP contribution in [0.1, 0.15) is 29.3 Å². The second-order valence-corrected chi connectivity index (χ2v) is 9.34. The number of hydrogen-bond acceptors (Lipinski definition) is 4. The summed E-state index contributed by atoms with van der Waals surface area (Å²) in [7, 11) is 0. The molecule has 0 N–H and O–H groups in total. The minimum Gasteiger partial charge on any atom is -0.294 e. The van der Waals surface area contributed by atoms with E-state index in [-0.39, 0.29) is 5.56 Å². The van der Waals surface area contributed by atoms with Crippen LogP contribution in [0.5, 0.6) is 0 Å². The summed E-state index contributed by atoms with van der Waals surface area (Å²) < 4.78 is 2.83. The first-order valence-corrected chi connectivity index (χ1v) is 9.83. The molecule has 4 rings (SSSR count). The van der Waals surface area contributed by atoms with Crippen LogP contribution in [-0.4, -0.2) is 9.55 Å². The van der Waals surface area contributed by atoms with Crippen molar-refractivity contribution < 1.29 is 0 Å². The van der Waals surface area contributed by atoms with Gasteiger partial charge < -0.3 is 0 Å². The molecule has 114 valence electrons. The molecule has 0 aliphatic heterocycles. The van der Waals surface area contributed by atoms with Crippen LogP contribution in [0.3, 0.4) is 0 Å². The van der Waals surface area contributed by atoms with Gasteiger partial charge in [-0.25, -0.2) is 4.98 Å². The Hall–Kier alpha value is -0.980. The molecule has 1 aliphatic carbocycles. The standard InChI is InChI=1S/C16H15BrN2OS2/c1-9-2-3-11-12(4-9)22-15-14(11)16(20)19(8-18-15)6-10-5-13(17)21-7-10/h5,7-9H,2-4,6H2,1H3. The Morgan fingerprint density at radius 3 is 3.14 bits per heavy atom. The van der Waals surface area contributed by atoms with Crippen LogP contribution in [0.25, 0.3) is 10.2 Å². The lowest BCUT2D eigenvalue weighted by atomic mass is 9.89. The van der Waals surface area contributed by atoms with E-state index in [9.17, 15) is 4.79 Å². The summed E-state index contributed by atoms with van der Waals surface area (Å²) in [6.45, 7) is 2.87. The zero-order valence-electron chi connectivity index (χ0n) is 12.1. The van der Waals surface area contributed by atoms with Crippen LogP contribution in [0.4, 0.5) is 0 Å². The molecule has 0 radical (unpaired) electrons. The fourth-order valence-corrected chi connectivity index (χ4v) is 5.65. The first-order chi connectivity index (χ1) is 10.6. The monoisotopic (exact) mass is 394 g/mol. The van der Waals surface area contributed by atoms with Gasteiger partial charge in [-0.1, -0.05) is 6.92 Å². The van der Waals surface area contributed by atoms with Crippen LogP contribution in [0.15, 0.2) is 26.4 Å². The van der Waals surface area contributed by atoms with E-state index < -0.39 is 0 Å². The Morgan fingerprint density at radius 2 is 2.36 bits per heavy atom. The van der Waals surface area contributed by atoms with Gasteiger partial charge in [0.1, 0.15) is 4.83 Å².